The lowest BCUT2D eigenvalue weighted by Gasteiger charge is -2.28. The zero-order valence-corrected chi connectivity index (χ0v) is 16.7. The average Bonchev–Trinajstić information content (AvgIpc) is 3.01. The molecular formula is C20H19F2NO3S2. The Kier molecular flexibility index (Phi) is 6.20. The van der Waals surface area contributed by atoms with Gasteiger partial charge in [-0.05, 0) is 43.3 Å². The number of benzene rings is 2. The lowest BCUT2D eigenvalue weighted by Crippen LogP contribution is -2.42. The molecule has 0 saturated carbocycles. The van der Waals surface area contributed by atoms with Crippen LogP contribution >= 0.6 is 11.8 Å². The van der Waals surface area contributed by atoms with Crippen molar-refractivity contribution in [1.29, 1.82) is 0 Å². The molecule has 0 saturated heterocycles. The molecule has 3 rings (SSSR count). The monoisotopic (exact) mass is 423 g/mol. The van der Waals surface area contributed by atoms with E-state index in [1.807, 2.05) is 0 Å². The normalized spacial score (nSPS) is 18.8. The Hall–Kier alpha value is -2.19. The highest BCUT2D eigenvalue weighted by molar-refractivity contribution is 8.00. The van der Waals surface area contributed by atoms with Gasteiger partial charge in [0.2, 0.25) is 5.91 Å². The van der Waals surface area contributed by atoms with Gasteiger partial charge in [-0.15, -0.1) is 11.8 Å². The second-order valence-electron chi connectivity index (χ2n) is 6.44. The Bertz CT molecular complexity index is 991. The molecule has 2 unspecified atom stereocenters. The van der Waals surface area contributed by atoms with Crippen molar-refractivity contribution >= 4 is 33.2 Å². The van der Waals surface area contributed by atoms with Gasteiger partial charge >= 0.3 is 0 Å². The van der Waals surface area contributed by atoms with Gasteiger partial charge in [0.15, 0.2) is 9.84 Å². The van der Waals surface area contributed by atoms with Gasteiger partial charge in [-0.2, -0.15) is 0 Å². The van der Waals surface area contributed by atoms with Crippen molar-refractivity contribution in [3.63, 3.8) is 0 Å². The molecule has 1 aliphatic heterocycles. The molecule has 0 spiro atoms. The Morgan fingerprint density at radius 3 is 2.46 bits per heavy atom. The fourth-order valence-corrected chi connectivity index (χ4v) is 5.17. The first-order valence-electron chi connectivity index (χ1n) is 8.61. The first-order valence-corrected chi connectivity index (χ1v) is 11.4. The van der Waals surface area contributed by atoms with E-state index in [9.17, 15) is 22.0 Å². The zero-order valence-electron chi connectivity index (χ0n) is 15.1. The number of hydrogen-bond acceptors (Lipinski definition) is 4. The van der Waals surface area contributed by atoms with Crippen LogP contribution < -0.4 is 4.90 Å². The van der Waals surface area contributed by atoms with Gasteiger partial charge in [0.25, 0.3) is 0 Å². The van der Waals surface area contributed by atoms with Crippen LogP contribution in [0.25, 0.3) is 0 Å². The minimum absolute atomic E-state index is 0.0251. The topological polar surface area (TPSA) is 54.5 Å². The molecule has 0 aromatic heterocycles. The fourth-order valence-electron chi connectivity index (χ4n) is 3.00. The Morgan fingerprint density at radius 1 is 1.18 bits per heavy atom. The van der Waals surface area contributed by atoms with Crippen LogP contribution in [0.2, 0.25) is 0 Å². The number of nitrogens with zero attached hydrogens (tertiary/aromatic N) is 1. The number of anilines is 1. The van der Waals surface area contributed by atoms with E-state index in [1.54, 1.807) is 25.1 Å². The maximum atomic E-state index is 13.9. The third-order valence-electron chi connectivity index (χ3n) is 4.42. The summed E-state index contributed by atoms with van der Waals surface area (Å²) in [6.07, 6.45) is 1.46. The first-order chi connectivity index (χ1) is 13.3. The summed E-state index contributed by atoms with van der Waals surface area (Å²) in [5.74, 6) is -1.31. The quantitative estimate of drug-likeness (QED) is 0.702. The Labute approximate surface area is 167 Å². The van der Waals surface area contributed by atoms with Crippen molar-refractivity contribution in [2.45, 2.75) is 18.2 Å². The molecule has 4 nitrogen and oxygen atoms in total. The van der Waals surface area contributed by atoms with Crippen LogP contribution in [0.4, 0.5) is 14.5 Å². The molecule has 8 heteroatoms. The van der Waals surface area contributed by atoms with Gasteiger partial charge in [0.1, 0.15) is 11.6 Å². The van der Waals surface area contributed by atoms with Crippen LogP contribution in [0.5, 0.6) is 0 Å². The van der Waals surface area contributed by atoms with Crippen molar-refractivity contribution in [3.05, 3.63) is 77.2 Å². The van der Waals surface area contributed by atoms with Crippen molar-refractivity contribution < 1.29 is 22.0 Å². The van der Waals surface area contributed by atoms with E-state index in [0.717, 1.165) is 5.41 Å². The van der Waals surface area contributed by atoms with Crippen molar-refractivity contribution in [2.24, 2.45) is 0 Å². The summed E-state index contributed by atoms with van der Waals surface area (Å²) in [7, 11) is -3.37. The SMILES string of the molecule is CC(SCC(=O)N(c1ccc(F)cc1)C1C=CS(=O)(=O)C1)c1ccccc1F. The number of amides is 1. The van der Waals surface area contributed by atoms with E-state index in [2.05, 4.69) is 0 Å². The standard InChI is InChI=1S/C20H19F2NO3S2/c1-14(18-4-2-3-5-19(18)22)27-12-20(24)23(16-8-6-15(21)7-9-16)17-10-11-28(25,26)13-17/h2-11,14,17H,12-13H2,1H3. The van der Waals surface area contributed by atoms with Gasteiger partial charge in [0.05, 0.1) is 17.5 Å². The molecule has 28 heavy (non-hydrogen) atoms. The van der Waals surface area contributed by atoms with Crippen LogP contribution in [-0.2, 0) is 14.6 Å². The summed E-state index contributed by atoms with van der Waals surface area (Å²) in [4.78, 5) is 14.3. The highest BCUT2D eigenvalue weighted by Gasteiger charge is 2.31. The number of rotatable bonds is 6. The number of thioether (sulfide) groups is 1. The molecule has 1 amide bonds. The van der Waals surface area contributed by atoms with Gasteiger partial charge in [0, 0.05) is 21.9 Å². The molecule has 1 heterocycles. The smallest absolute Gasteiger partial charge is 0.237 e. The van der Waals surface area contributed by atoms with E-state index in [-0.39, 0.29) is 28.5 Å². The van der Waals surface area contributed by atoms with Crippen molar-refractivity contribution in [1.82, 2.24) is 0 Å². The molecule has 0 bridgehead atoms. The minimum Gasteiger partial charge on any atom is -0.304 e. The third-order valence-corrected chi connectivity index (χ3v) is 6.96. The van der Waals surface area contributed by atoms with Gasteiger partial charge in [-0.3, -0.25) is 4.79 Å². The average molecular weight is 424 g/mol. The van der Waals surface area contributed by atoms with Crippen LogP contribution in [0.15, 0.2) is 60.0 Å². The maximum absolute atomic E-state index is 13.9. The number of halogens is 2. The van der Waals surface area contributed by atoms with Crippen LogP contribution in [0, 0.1) is 11.6 Å². The second-order valence-corrected chi connectivity index (χ2v) is 9.70. The summed E-state index contributed by atoms with van der Waals surface area (Å²) in [6.45, 7) is 1.80. The second kappa shape index (κ2) is 8.45. The van der Waals surface area contributed by atoms with Crippen molar-refractivity contribution in [2.75, 3.05) is 16.4 Å². The highest BCUT2D eigenvalue weighted by atomic mass is 32.2. The van der Waals surface area contributed by atoms with Gasteiger partial charge in [-0.1, -0.05) is 18.2 Å². The Morgan fingerprint density at radius 2 is 1.86 bits per heavy atom. The summed E-state index contributed by atoms with van der Waals surface area (Å²) < 4.78 is 50.8. The number of carbonyl (C=O) groups is 1. The maximum Gasteiger partial charge on any atom is 0.237 e. The molecule has 148 valence electrons. The van der Waals surface area contributed by atoms with Gasteiger partial charge in [-0.25, -0.2) is 17.2 Å². The summed E-state index contributed by atoms with van der Waals surface area (Å²) in [5, 5.41) is 0.833. The predicted molar refractivity (Wildman–Crippen MR) is 108 cm³/mol. The van der Waals surface area contributed by atoms with Crippen molar-refractivity contribution in [3.8, 4) is 0 Å². The van der Waals surface area contributed by atoms with E-state index < -0.39 is 21.7 Å². The lowest BCUT2D eigenvalue weighted by molar-refractivity contribution is -0.116. The van der Waals surface area contributed by atoms with Gasteiger partial charge < -0.3 is 4.90 Å². The predicted octanol–water partition coefficient (Wildman–Crippen LogP) is 4.10. The number of sulfone groups is 1. The van der Waals surface area contributed by atoms with E-state index in [4.69, 9.17) is 0 Å². The molecule has 2 atom stereocenters. The lowest BCUT2D eigenvalue weighted by atomic mass is 10.1. The van der Waals surface area contributed by atoms with E-state index >= 15 is 0 Å². The van der Waals surface area contributed by atoms with Crippen LogP contribution in [0.3, 0.4) is 0 Å². The zero-order chi connectivity index (χ0) is 20.3. The summed E-state index contributed by atoms with van der Waals surface area (Å²) in [5.41, 5.74) is 0.911. The van der Waals surface area contributed by atoms with E-state index in [0.29, 0.717) is 11.3 Å². The number of carbonyl (C=O) groups excluding carboxylic acids is 1. The fraction of sp³-hybridized carbons (Fsp3) is 0.250. The molecule has 2 aromatic carbocycles. The van der Waals surface area contributed by atoms with E-state index in [1.165, 1.54) is 53.1 Å². The Balaban J connectivity index is 1.78. The summed E-state index contributed by atoms with van der Waals surface area (Å²) >= 11 is 1.26. The first kappa shape index (κ1) is 20.5. The molecule has 0 N–H and O–H groups in total. The largest absolute Gasteiger partial charge is 0.304 e. The molecule has 2 aromatic rings. The van der Waals surface area contributed by atoms with Crippen LogP contribution in [0.1, 0.15) is 17.7 Å². The molecule has 1 aliphatic rings. The van der Waals surface area contributed by atoms with Crippen LogP contribution in [-0.4, -0.2) is 31.9 Å². The highest BCUT2D eigenvalue weighted by Crippen LogP contribution is 2.31. The third kappa shape index (κ3) is 4.80. The molecule has 0 radical (unpaired) electrons. The summed E-state index contributed by atoms with van der Waals surface area (Å²) in [6, 6.07) is 11.0. The minimum atomic E-state index is -3.37. The molecule has 0 aliphatic carbocycles. The molecular weight excluding hydrogens is 404 g/mol. The number of hydrogen-bond donors (Lipinski definition) is 0. The molecule has 0 fully saturated rings.